The van der Waals surface area contributed by atoms with Gasteiger partial charge in [-0.15, -0.1) is 5.10 Å². The number of ether oxygens (including phenoxy) is 1. The van der Waals surface area contributed by atoms with Gasteiger partial charge in [-0.1, -0.05) is 0 Å². The highest BCUT2D eigenvalue weighted by molar-refractivity contribution is 4.99. The standard InChI is InChI=1S/C13H24N6O/c1-10-12(18-6-8-20-9-7-18)4-5-19(10)11(2)13-14-15-16-17(13)3/h10-12H,4-9H2,1-3H3/t10-,11?,12-/m1/s1. The third-order valence-electron chi connectivity index (χ3n) is 4.80. The van der Waals surface area contributed by atoms with E-state index in [9.17, 15) is 0 Å². The number of nitrogens with zero attached hydrogens (tertiary/aromatic N) is 6. The van der Waals surface area contributed by atoms with Crippen LogP contribution in [0, 0.1) is 0 Å². The smallest absolute Gasteiger partial charge is 0.167 e. The molecule has 0 aromatic carbocycles. The second-order valence-corrected chi connectivity index (χ2v) is 5.82. The van der Waals surface area contributed by atoms with Crippen molar-refractivity contribution >= 4 is 0 Å². The average Bonchev–Trinajstić information content (AvgIpc) is 3.05. The van der Waals surface area contributed by atoms with Crippen LogP contribution in [-0.2, 0) is 11.8 Å². The molecule has 2 aliphatic rings. The third-order valence-corrected chi connectivity index (χ3v) is 4.80. The number of rotatable bonds is 3. The Bertz CT molecular complexity index is 444. The summed E-state index contributed by atoms with van der Waals surface area (Å²) in [4.78, 5) is 5.10. The SMILES string of the molecule is CC(c1nnnn1C)N1CC[C@@H](N2CCOCC2)[C@H]1C. The van der Waals surface area contributed by atoms with Crippen LogP contribution in [0.1, 0.15) is 32.1 Å². The minimum atomic E-state index is 0.260. The summed E-state index contributed by atoms with van der Waals surface area (Å²) in [6.07, 6.45) is 1.22. The van der Waals surface area contributed by atoms with Crippen LogP contribution in [-0.4, -0.2) is 74.9 Å². The lowest BCUT2D eigenvalue weighted by Crippen LogP contribution is -2.48. The Morgan fingerprint density at radius 3 is 2.65 bits per heavy atom. The molecule has 2 aliphatic heterocycles. The van der Waals surface area contributed by atoms with E-state index in [1.807, 2.05) is 7.05 Å². The van der Waals surface area contributed by atoms with Crippen molar-refractivity contribution in [1.82, 2.24) is 30.0 Å². The number of tetrazole rings is 1. The number of morpholine rings is 1. The van der Waals surface area contributed by atoms with Gasteiger partial charge in [-0.25, -0.2) is 4.68 Å². The van der Waals surface area contributed by atoms with Crippen LogP contribution in [0.25, 0.3) is 0 Å². The number of aryl methyl sites for hydroxylation is 1. The molecule has 0 bridgehead atoms. The van der Waals surface area contributed by atoms with Gasteiger partial charge in [0.2, 0.25) is 0 Å². The fourth-order valence-electron chi connectivity index (χ4n) is 3.63. The highest BCUT2D eigenvalue weighted by Gasteiger charge is 2.38. The maximum Gasteiger partial charge on any atom is 0.167 e. The van der Waals surface area contributed by atoms with Crippen molar-refractivity contribution in [2.24, 2.45) is 7.05 Å². The third kappa shape index (κ3) is 2.45. The van der Waals surface area contributed by atoms with Crippen molar-refractivity contribution in [3.63, 3.8) is 0 Å². The van der Waals surface area contributed by atoms with Gasteiger partial charge >= 0.3 is 0 Å². The number of hydrogen-bond donors (Lipinski definition) is 0. The number of aromatic nitrogens is 4. The molecule has 1 aromatic rings. The molecule has 0 radical (unpaired) electrons. The quantitative estimate of drug-likeness (QED) is 0.781. The molecule has 0 saturated carbocycles. The van der Waals surface area contributed by atoms with Crippen LogP contribution in [0.15, 0.2) is 0 Å². The largest absolute Gasteiger partial charge is 0.379 e. The zero-order valence-corrected chi connectivity index (χ0v) is 12.6. The van der Waals surface area contributed by atoms with Crippen LogP contribution < -0.4 is 0 Å². The summed E-state index contributed by atoms with van der Waals surface area (Å²) >= 11 is 0. The Balaban J connectivity index is 1.68. The van der Waals surface area contributed by atoms with E-state index in [4.69, 9.17) is 4.74 Å². The lowest BCUT2D eigenvalue weighted by atomic mass is 10.1. The van der Waals surface area contributed by atoms with Crippen LogP contribution in [0.2, 0.25) is 0 Å². The van der Waals surface area contributed by atoms with E-state index in [0.29, 0.717) is 12.1 Å². The predicted octanol–water partition coefficient (Wildman–Crippen LogP) is 0.0661. The Kier molecular flexibility index (Phi) is 4.00. The zero-order valence-electron chi connectivity index (χ0n) is 12.6. The van der Waals surface area contributed by atoms with Gasteiger partial charge in [0.05, 0.1) is 19.3 Å². The van der Waals surface area contributed by atoms with Crippen LogP contribution >= 0.6 is 0 Å². The molecule has 3 atom stereocenters. The van der Waals surface area contributed by atoms with Gasteiger partial charge in [-0.05, 0) is 30.7 Å². The van der Waals surface area contributed by atoms with E-state index in [2.05, 4.69) is 39.2 Å². The lowest BCUT2D eigenvalue weighted by molar-refractivity contribution is 0.00792. The number of likely N-dealkylation sites (tertiary alicyclic amines) is 1. The topological polar surface area (TPSA) is 59.3 Å². The highest BCUT2D eigenvalue weighted by atomic mass is 16.5. The van der Waals surface area contributed by atoms with E-state index in [1.165, 1.54) is 6.42 Å². The van der Waals surface area contributed by atoms with Gasteiger partial charge < -0.3 is 4.74 Å². The van der Waals surface area contributed by atoms with Gasteiger partial charge in [0, 0.05) is 38.8 Å². The Hall–Kier alpha value is -1.05. The Morgan fingerprint density at radius 1 is 1.25 bits per heavy atom. The molecule has 1 unspecified atom stereocenters. The predicted molar refractivity (Wildman–Crippen MR) is 74.2 cm³/mol. The van der Waals surface area contributed by atoms with Crippen molar-refractivity contribution in [1.29, 1.82) is 0 Å². The summed E-state index contributed by atoms with van der Waals surface area (Å²) in [5.74, 6) is 0.944. The molecule has 7 heteroatoms. The first-order valence-corrected chi connectivity index (χ1v) is 7.48. The van der Waals surface area contributed by atoms with Crippen LogP contribution in [0.4, 0.5) is 0 Å². The van der Waals surface area contributed by atoms with E-state index in [0.717, 1.165) is 38.7 Å². The second-order valence-electron chi connectivity index (χ2n) is 5.82. The van der Waals surface area contributed by atoms with Gasteiger partial charge in [0.1, 0.15) is 0 Å². The van der Waals surface area contributed by atoms with Crippen LogP contribution in [0.5, 0.6) is 0 Å². The van der Waals surface area contributed by atoms with Gasteiger partial charge in [0.15, 0.2) is 5.82 Å². The normalized spacial score (nSPS) is 30.8. The van der Waals surface area contributed by atoms with Crippen molar-refractivity contribution in [2.45, 2.75) is 38.4 Å². The summed E-state index contributed by atoms with van der Waals surface area (Å²) < 4.78 is 7.24. The molecule has 2 saturated heterocycles. The Morgan fingerprint density at radius 2 is 2.00 bits per heavy atom. The molecule has 0 spiro atoms. The van der Waals surface area contributed by atoms with E-state index in [-0.39, 0.29) is 6.04 Å². The Labute approximate surface area is 119 Å². The first-order chi connectivity index (χ1) is 9.68. The minimum absolute atomic E-state index is 0.260. The van der Waals surface area contributed by atoms with Gasteiger partial charge in [0.25, 0.3) is 0 Å². The van der Waals surface area contributed by atoms with E-state index in [1.54, 1.807) is 4.68 Å². The monoisotopic (exact) mass is 280 g/mol. The maximum atomic E-state index is 5.46. The molecule has 0 aliphatic carbocycles. The molecule has 3 heterocycles. The van der Waals surface area contributed by atoms with Gasteiger partial charge in [-0.3, -0.25) is 9.80 Å². The molecule has 20 heavy (non-hydrogen) atoms. The van der Waals surface area contributed by atoms with Crippen molar-refractivity contribution < 1.29 is 4.74 Å². The summed E-state index contributed by atoms with van der Waals surface area (Å²) in [6.45, 7) is 9.48. The summed E-state index contributed by atoms with van der Waals surface area (Å²) in [5.41, 5.74) is 0. The molecule has 2 fully saturated rings. The first-order valence-electron chi connectivity index (χ1n) is 7.48. The van der Waals surface area contributed by atoms with Gasteiger partial charge in [-0.2, -0.15) is 0 Å². The minimum Gasteiger partial charge on any atom is -0.379 e. The molecular weight excluding hydrogens is 256 g/mol. The van der Waals surface area contributed by atoms with E-state index < -0.39 is 0 Å². The maximum absolute atomic E-state index is 5.46. The zero-order chi connectivity index (χ0) is 14.1. The van der Waals surface area contributed by atoms with Crippen molar-refractivity contribution in [3.8, 4) is 0 Å². The first kappa shape index (κ1) is 13.9. The summed E-state index contributed by atoms with van der Waals surface area (Å²) in [7, 11) is 1.91. The molecule has 7 nitrogen and oxygen atoms in total. The molecule has 112 valence electrons. The highest BCUT2D eigenvalue weighted by Crippen LogP contribution is 2.30. The molecule has 0 N–H and O–H groups in total. The van der Waals surface area contributed by atoms with Crippen LogP contribution in [0.3, 0.4) is 0 Å². The van der Waals surface area contributed by atoms with E-state index >= 15 is 0 Å². The molecule has 0 amide bonds. The fourth-order valence-corrected chi connectivity index (χ4v) is 3.63. The second kappa shape index (κ2) is 5.75. The van der Waals surface area contributed by atoms with Crippen molar-refractivity contribution in [2.75, 3.05) is 32.8 Å². The number of hydrogen-bond acceptors (Lipinski definition) is 6. The summed E-state index contributed by atoms with van der Waals surface area (Å²) in [5, 5.41) is 11.9. The lowest BCUT2D eigenvalue weighted by Gasteiger charge is -2.37. The molecule has 1 aromatic heterocycles. The molecule has 3 rings (SSSR count). The fraction of sp³-hybridized carbons (Fsp3) is 0.923. The van der Waals surface area contributed by atoms with Crippen molar-refractivity contribution in [3.05, 3.63) is 5.82 Å². The molecular formula is C13H24N6O. The average molecular weight is 280 g/mol. The summed E-state index contributed by atoms with van der Waals surface area (Å²) in [6, 6.07) is 1.42.